The van der Waals surface area contributed by atoms with Crippen LogP contribution in [-0.4, -0.2) is 21.3 Å². The van der Waals surface area contributed by atoms with Crippen LogP contribution in [0.2, 0.25) is 0 Å². The molecule has 25 heavy (non-hydrogen) atoms. The Bertz CT molecular complexity index is 824. The molecule has 0 saturated carbocycles. The lowest BCUT2D eigenvalue weighted by atomic mass is 9.99. The van der Waals surface area contributed by atoms with E-state index in [0.717, 1.165) is 12.0 Å². The molecule has 3 rings (SSSR count). The second-order valence-electron chi connectivity index (χ2n) is 5.73. The van der Waals surface area contributed by atoms with Crippen LogP contribution in [0.4, 0.5) is 0 Å². The van der Waals surface area contributed by atoms with E-state index >= 15 is 0 Å². The Balaban J connectivity index is 1.87. The third-order valence-electron chi connectivity index (χ3n) is 4.24. The molecule has 0 atom stereocenters. The predicted octanol–water partition coefficient (Wildman–Crippen LogP) is 4.97. The third kappa shape index (κ3) is 3.61. The van der Waals surface area contributed by atoms with Crippen LogP contribution in [0.15, 0.2) is 66.7 Å². The summed E-state index contributed by atoms with van der Waals surface area (Å²) in [5.74, 6) is 2.01. The summed E-state index contributed by atoms with van der Waals surface area (Å²) in [5.41, 5.74) is 4.71. The van der Waals surface area contributed by atoms with Crippen LogP contribution in [0.1, 0.15) is 11.1 Å². The normalized spacial score (nSPS) is 10.4. The van der Waals surface area contributed by atoms with Crippen molar-refractivity contribution in [2.75, 3.05) is 21.3 Å². The lowest BCUT2D eigenvalue weighted by Gasteiger charge is -2.16. The Hall–Kier alpha value is -2.94. The van der Waals surface area contributed by atoms with Gasteiger partial charge in [0.1, 0.15) is 0 Å². The zero-order valence-corrected chi connectivity index (χ0v) is 14.8. The number of hydrogen-bond donors (Lipinski definition) is 0. The highest BCUT2D eigenvalue weighted by Gasteiger charge is 2.15. The van der Waals surface area contributed by atoms with E-state index in [4.69, 9.17) is 14.2 Å². The molecule has 128 valence electrons. The molecule has 0 amide bonds. The molecule has 0 heterocycles. The van der Waals surface area contributed by atoms with E-state index in [1.807, 2.05) is 18.2 Å². The number of methoxy groups -OCH3 is 3. The highest BCUT2D eigenvalue weighted by Crippen LogP contribution is 2.40. The van der Waals surface area contributed by atoms with E-state index in [0.29, 0.717) is 17.2 Å². The van der Waals surface area contributed by atoms with Crippen LogP contribution < -0.4 is 14.2 Å². The van der Waals surface area contributed by atoms with Crippen molar-refractivity contribution in [3.05, 3.63) is 77.9 Å². The summed E-state index contributed by atoms with van der Waals surface area (Å²) in [7, 11) is 4.90. The van der Waals surface area contributed by atoms with Gasteiger partial charge in [-0.3, -0.25) is 0 Å². The first kappa shape index (κ1) is 16.9. The van der Waals surface area contributed by atoms with Gasteiger partial charge in [0.15, 0.2) is 11.5 Å². The van der Waals surface area contributed by atoms with Crippen molar-refractivity contribution in [2.24, 2.45) is 0 Å². The van der Waals surface area contributed by atoms with Crippen LogP contribution in [0.3, 0.4) is 0 Å². The standard InChI is InChI=1S/C22H22O3/c1-23-20-14-13-19(21(24-2)22(20)25-3)15-16-9-11-18(12-10-16)17-7-5-4-6-8-17/h4-14H,15H2,1-3H3. The minimum absolute atomic E-state index is 0.628. The molecule has 0 aliphatic heterocycles. The Morgan fingerprint density at radius 3 is 1.84 bits per heavy atom. The lowest BCUT2D eigenvalue weighted by Crippen LogP contribution is -1.99. The average molecular weight is 334 g/mol. The lowest BCUT2D eigenvalue weighted by molar-refractivity contribution is 0.322. The summed E-state index contributed by atoms with van der Waals surface area (Å²) in [4.78, 5) is 0. The minimum atomic E-state index is 0.628. The largest absolute Gasteiger partial charge is 0.493 e. The molecule has 0 fully saturated rings. The van der Waals surface area contributed by atoms with Gasteiger partial charge < -0.3 is 14.2 Å². The number of benzene rings is 3. The SMILES string of the molecule is COc1ccc(Cc2ccc(-c3ccccc3)cc2)c(OC)c1OC. The van der Waals surface area contributed by atoms with E-state index in [2.05, 4.69) is 48.5 Å². The van der Waals surface area contributed by atoms with Crippen LogP contribution in [0, 0.1) is 0 Å². The monoisotopic (exact) mass is 334 g/mol. The molecule has 0 aliphatic carbocycles. The first-order valence-electron chi connectivity index (χ1n) is 8.19. The zero-order valence-electron chi connectivity index (χ0n) is 14.8. The van der Waals surface area contributed by atoms with Crippen LogP contribution in [-0.2, 0) is 6.42 Å². The zero-order chi connectivity index (χ0) is 17.6. The first-order chi connectivity index (χ1) is 12.3. The highest BCUT2D eigenvalue weighted by molar-refractivity contribution is 5.64. The second kappa shape index (κ2) is 7.75. The third-order valence-corrected chi connectivity index (χ3v) is 4.24. The molecule has 3 heteroatoms. The topological polar surface area (TPSA) is 27.7 Å². The van der Waals surface area contributed by atoms with Gasteiger partial charge in [-0.25, -0.2) is 0 Å². The average Bonchev–Trinajstić information content (AvgIpc) is 2.68. The van der Waals surface area contributed by atoms with Crippen molar-refractivity contribution >= 4 is 0 Å². The summed E-state index contributed by atoms with van der Waals surface area (Å²) < 4.78 is 16.4. The molecule has 0 radical (unpaired) electrons. The van der Waals surface area contributed by atoms with Crippen LogP contribution in [0.5, 0.6) is 17.2 Å². The van der Waals surface area contributed by atoms with E-state index in [-0.39, 0.29) is 0 Å². The molecule has 0 aliphatic rings. The Kier molecular flexibility index (Phi) is 5.24. The van der Waals surface area contributed by atoms with Gasteiger partial charge >= 0.3 is 0 Å². The summed E-state index contributed by atoms with van der Waals surface area (Å²) >= 11 is 0. The summed E-state index contributed by atoms with van der Waals surface area (Å²) in [6.45, 7) is 0. The van der Waals surface area contributed by atoms with Gasteiger partial charge in [-0.1, -0.05) is 60.7 Å². The smallest absolute Gasteiger partial charge is 0.203 e. The van der Waals surface area contributed by atoms with Crippen LogP contribution >= 0.6 is 0 Å². The molecule has 0 spiro atoms. The Morgan fingerprint density at radius 1 is 0.600 bits per heavy atom. The van der Waals surface area contributed by atoms with Crippen LogP contribution in [0.25, 0.3) is 11.1 Å². The molecule has 3 nitrogen and oxygen atoms in total. The molecule has 0 saturated heterocycles. The molecule has 3 aromatic carbocycles. The van der Waals surface area contributed by atoms with Gasteiger partial charge in [0.2, 0.25) is 5.75 Å². The molecule has 0 N–H and O–H groups in total. The maximum absolute atomic E-state index is 5.57. The van der Waals surface area contributed by atoms with Crippen molar-refractivity contribution in [3.8, 4) is 28.4 Å². The van der Waals surface area contributed by atoms with E-state index in [1.165, 1.54) is 16.7 Å². The molecule has 0 aromatic heterocycles. The van der Waals surface area contributed by atoms with Gasteiger partial charge in [0.05, 0.1) is 21.3 Å². The van der Waals surface area contributed by atoms with E-state index < -0.39 is 0 Å². The Labute approximate surface area is 148 Å². The summed E-state index contributed by atoms with van der Waals surface area (Å²) in [5, 5.41) is 0. The molecular formula is C22H22O3. The van der Waals surface area contributed by atoms with Crippen molar-refractivity contribution in [1.82, 2.24) is 0 Å². The van der Waals surface area contributed by atoms with E-state index in [1.54, 1.807) is 21.3 Å². The minimum Gasteiger partial charge on any atom is -0.493 e. The fourth-order valence-corrected chi connectivity index (χ4v) is 2.97. The highest BCUT2D eigenvalue weighted by atomic mass is 16.5. The second-order valence-corrected chi connectivity index (χ2v) is 5.73. The van der Waals surface area contributed by atoms with Gasteiger partial charge in [-0.05, 0) is 22.8 Å². The van der Waals surface area contributed by atoms with Gasteiger partial charge in [0, 0.05) is 12.0 Å². The summed E-state index contributed by atoms with van der Waals surface area (Å²) in [6, 6.07) is 22.9. The van der Waals surface area contributed by atoms with Crippen molar-refractivity contribution in [2.45, 2.75) is 6.42 Å². The summed E-state index contributed by atoms with van der Waals surface area (Å²) in [6.07, 6.45) is 0.762. The number of hydrogen-bond acceptors (Lipinski definition) is 3. The first-order valence-corrected chi connectivity index (χ1v) is 8.19. The predicted molar refractivity (Wildman–Crippen MR) is 101 cm³/mol. The van der Waals surface area contributed by atoms with Crippen molar-refractivity contribution in [1.29, 1.82) is 0 Å². The number of rotatable bonds is 6. The maximum Gasteiger partial charge on any atom is 0.203 e. The fourth-order valence-electron chi connectivity index (χ4n) is 2.97. The van der Waals surface area contributed by atoms with E-state index in [9.17, 15) is 0 Å². The van der Waals surface area contributed by atoms with Crippen molar-refractivity contribution < 1.29 is 14.2 Å². The molecule has 0 bridgehead atoms. The molecule has 0 unspecified atom stereocenters. The molecular weight excluding hydrogens is 312 g/mol. The van der Waals surface area contributed by atoms with Crippen molar-refractivity contribution in [3.63, 3.8) is 0 Å². The van der Waals surface area contributed by atoms with Gasteiger partial charge in [-0.15, -0.1) is 0 Å². The maximum atomic E-state index is 5.57. The number of ether oxygens (including phenoxy) is 3. The fraction of sp³-hybridized carbons (Fsp3) is 0.182. The van der Waals surface area contributed by atoms with Gasteiger partial charge in [0.25, 0.3) is 0 Å². The molecule has 3 aromatic rings. The Morgan fingerprint density at radius 2 is 1.24 bits per heavy atom. The van der Waals surface area contributed by atoms with Gasteiger partial charge in [-0.2, -0.15) is 0 Å². The quantitative estimate of drug-likeness (QED) is 0.637.